The zero-order valence-electron chi connectivity index (χ0n) is 20.6. The Morgan fingerprint density at radius 2 is 1.78 bits per heavy atom. The molecule has 0 amide bonds. The summed E-state index contributed by atoms with van der Waals surface area (Å²) >= 11 is 0. The van der Waals surface area contributed by atoms with Crippen LogP contribution in [-0.4, -0.2) is 55.4 Å². The van der Waals surface area contributed by atoms with Crippen molar-refractivity contribution in [2.24, 2.45) is 0 Å². The van der Waals surface area contributed by atoms with Crippen LogP contribution >= 0.6 is 0 Å². The van der Waals surface area contributed by atoms with Crippen LogP contribution in [0.15, 0.2) is 82.2 Å². The molecule has 192 valence electrons. The third-order valence-corrected chi connectivity index (χ3v) is 6.41. The van der Waals surface area contributed by atoms with Gasteiger partial charge in [0.1, 0.15) is 41.9 Å². The van der Waals surface area contributed by atoms with E-state index in [4.69, 9.17) is 13.9 Å². The number of piperazine rings is 1. The van der Waals surface area contributed by atoms with Gasteiger partial charge in [-0.3, -0.25) is 9.69 Å². The van der Waals surface area contributed by atoms with Gasteiger partial charge in [-0.2, -0.15) is 0 Å². The first kappa shape index (κ1) is 24.8. The number of fused-ring (bicyclic) bond motifs is 1. The van der Waals surface area contributed by atoms with Gasteiger partial charge in [-0.15, -0.1) is 0 Å². The molecular formula is C29H29FN2O5. The SMILES string of the molecule is Cc1cccc(Oc2coc3cc(OC[C@@H](O)CN4CCN(c5ccc(F)cc5)CC4)ccc3c2=O)c1. The van der Waals surface area contributed by atoms with E-state index in [9.17, 15) is 14.3 Å². The number of halogens is 1. The molecule has 1 atom stereocenters. The van der Waals surface area contributed by atoms with Crippen LogP contribution < -0.4 is 19.8 Å². The van der Waals surface area contributed by atoms with E-state index in [0.29, 0.717) is 29.0 Å². The molecule has 0 unspecified atom stereocenters. The van der Waals surface area contributed by atoms with Crippen molar-refractivity contribution in [1.82, 2.24) is 4.90 Å². The van der Waals surface area contributed by atoms with Crippen molar-refractivity contribution in [3.8, 4) is 17.2 Å². The second-order valence-electron chi connectivity index (χ2n) is 9.23. The Bertz CT molecular complexity index is 1410. The van der Waals surface area contributed by atoms with Crippen LogP contribution in [0.4, 0.5) is 10.1 Å². The molecule has 5 rings (SSSR count). The van der Waals surface area contributed by atoms with Crippen molar-refractivity contribution in [2.75, 3.05) is 44.2 Å². The van der Waals surface area contributed by atoms with Crippen molar-refractivity contribution in [2.45, 2.75) is 13.0 Å². The second kappa shape index (κ2) is 11.0. The molecule has 3 aromatic carbocycles. The molecule has 8 heteroatoms. The number of benzene rings is 3. The molecule has 2 heterocycles. The molecular weight excluding hydrogens is 475 g/mol. The van der Waals surface area contributed by atoms with E-state index in [2.05, 4.69) is 9.80 Å². The van der Waals surface area contributed by atoms with Crippen LogP contribution in [0.1, 0.15) is 5.56 Å². The van der Waals surface area contributed by atoms with E-state index < -0.39 is 6.10 Å². The van der Waals surface area contributed by atoms with Crippen molar-refractivity contribution >= 4 is 16.7 Å². The lowest BCUT2D eigenvalue weighted by Crippen LogP contribution is -2.49. The van der Waals surface area contributed by atoms with Crippen LogP contribution in [0, 0.1) is 12.7 Å². The summed E-state index contributed by atoms with van der Waals surface area (Å²) < 4.78 is 30.3. The number of hydrogen-bond donors (Lipinski definition) is 1. The Morgan fingerprint density at radius 1 is 1.00 bits per heavy atom. The molecule has 1 aliphatic rings. The minimum Gasteiger partial charge on any atom is -0.491 e. The third kappa shape index (κ3) is 6.10. The lowest BCUT2D eigenvalue weighted by atomic mass is 10.2. The maximum absolute atomic E-state index is 13.2. The molecule has 1 aromatic heterocycles. The zero-order chi connectivity index (χ0) is 25.8. The van der Waals surface area contributed by atoms with Crippen LogP contribution in [-0.2, 0) is 0 Å². The molecule has 7 nitrogen and oxygen atoms in total. The number of rotatable bonds is 8. The number of nitrogens with zero attached hydrogens (tertiary/aromatic N) is 2. The number of anilines is 1. The van der Waals surface area contributed by atoms with E-state index in [-0.39, 0.29) is 23.6 Å². The fraction of sp³-hybridized carbons (Fsp3) is 0.276. The summed E-state index contributed by atoms with van der Waals surface area (Å²) in [6, 6.07) is 18.9. The van der Waals surface area contributed by atoms with Crippen molar-refractivity contribution in [3.05, 3.63) is 94.6 Å². The van der Waals surface area contributed by atoms with Crippen LogP contribution in [0.5, 0.6) is 17.2 Å². The predicted octanol–water partition coefficient (Wildman–Crippen LogP) is 4.59. The number of aryl methyl sites for hydroxylation is 1. The summed E-state index contributed by atoms with van der Waals surface area (Å²) in [6.07, 6.45) is 0.627. The topological polar surface area (TPSA) is 75.4 Å². The minimum absolute atomic E-state index is 0.113. The van der Waals surface area contributed by atoms with Crippen molar-refractivity contribution in [3.63, 3.8) is 0 Å². The van der Waals surface area contributed by atoms with Gasteiger partial charge in [0, 0.05) is 44.5 Å². The average Bonchev–Trinajstić information content (AvgIpc) is 2.90. The Hall–Kier alpha value is -3.88. The minimum atomic E-state index is -0.676. The summed E-state index contributed by atoms with van der Waals surface area (Å²) in [4.78, 5) is 17.2. The van der Waals surface area contributed by atoms with Crippen molar-refractivity contribution in [1.29, 1.82) is 0 Å². The van der Waals surface area contributed by atoms with Gasteiger partial charge in [-0.05, 0) is 61.0 Å². The largest absolute Gasteiger partial charge is 0.491 e. The highest BCUT2D eigenvalue weighted by Gasteiger charge is 2.20. The molecule has 0 saturated carbocycles. The van der Waals surface area contributed by atoms with Gasteiger partial charge < -0.3 is 23.9 Å². The summed E-state index contributed by atoms with van der Waals surface area (Å²) in [5.41, 5.74) is 2.14. The first-order chi connectivity index (χ1) is 17.9. The predicted molar refractivity (Wildman–Crippen MR) is 140 cm³/mol. The Kier molecular flexibility index (Phi) is 7.39. The molecule has 1 fully saturated rings. The maximum Gasteiger partial charge on any atom is 0.235 e. The summed E-state index contributed by atoms with van der Waals surface area (Å²) in [6.45, 7) is 5.74. The number of aliphatic hydroxyl groups excluding tert-OH is 1. The molecule has 1 saturated heterocycles. The highest BCUT2D eigenvalue weighted by Crippen LogP contribution is 2.25. The van der Waals surface area contributed by atoms with Gasteiger partial charge in [-0.1, -0.05) is 12.1 Å². The quantitative estimate of drug-likeness (QED) is 0.376. The molecule has 0 spiro atoms. The zero-order valence-corrected chi connectivity index (χ0v) is 20.6. The van der Waals surface area contributed by atoms with Crippen LogP contribution in [0.2, 0.25) is 0 Å². The van der Waals surface area contributed by atoms with E-state index in [1.54, 1.807) is 36.4 Å². The van der Waals surface area contributed by atoms with Gasteiger partial charge in [0.2, 0.25) is 11.2 Å². The van der Waals surface area contributed by atoms with Gasteiger partial charge >= 0.3 is 0 Å². The smallest absolute Gasteiger partial charge is 0.235 e. The number of aliphatic hydroxyl groups is 1. The fourth-order valence-electron chi connectivity index (χ4n) is 4.44. The van der Waals surface area contributed by atoms with E-state index >= 15 is 0 Å². The van der Waals surface area contributed by atoms with Gasteiger partial charge in [0.05, 0.1) is 5.39 Å². The van der Waals surface area contributed by atoms with E-state index in [1.165, 1.54) is 18.4 Å². The van der Waals surface area contributed by atoms with Crippen molar-refractivity contribution < 1.29 is 23.4 Å². The summed E-state index contributed by atoms with van der Waals surface area (Å²) in [7, 11) is 0. The Labute approximate surface area is 214 Å². The molecule has 0 aliphatic carbocycles. The molecule has 4 aromatic rings. The van der Waals surface area contributed by atoms with Gasteiger partial charge in [0.15, 0.2) is 0 Å². The first-order valence-corrected chi connectivity index (χ1v) is 12.3. The molecule has 37 heavy (non-hydrogen) atoms. The molecule has 1 N–H and O–H groups in total. The van der Waals surface area contributed by atoms with Gasteiger partial charge in [-0.25, -0.2) is 4.39 Å². The second-order valence-corrected chi connectivity index (χ2v) is 9.23. The van der Waals surface area contributed by atoms with Gasteiger partial charge in [0.25, 0.3) is 0 Å². The molecule has 1 aliphatic heterocycles. The van der Waals surface area contributed by atoms with E-state index in [1.807, 2.05) is 25.1 Å². The highest BCUT2D eigenvalue weighted by atomic mass is 19.1. The van der Waals surface area contributed by atoms with Crippen LogP contribution in [0.25, 0.3) is 11.0 Å². The van der Waals surface area contributed by atoms with Crippen LogP contribution in [0.3, 0.4) is 0 Å². The lowest BCUT2D eigenvalue weighted by molar-refractivity contribution is 0.0663. The van der Waals surface area contributed by atoms with E-state index in [0.717, 1.165) is 37.4 Å². The highest BCUT2D eigenvalue weighted by molar-refractivity contribution is 5.79. The monoisotopic (exact) mass is 504 g/mol. The Morgan fingerprint density at radius 3 is 2.54 bits per heavy atom. The Balaban J connectivity index is 1.14. The summed E-state index contributed by atoms with van der Waals surface area (Å²) in [5.74, 6) is 0.943. The first-order valence-electron chi connectivity index (χ1n) is 12.3. The number of hydrogen-bond acceptors (Lipinski definition) is 7. The summed E-state index contributed by atoms with van der Waals surface area (Å²) in [5, 5.41) is 10.9. The standard InChI is InChI=1S/C29H29FN2O5/c1-20-3-2-4-25(15-20)37-28-19-36-27-16-24(9-10-26(27)29(28)34)35-18-23(33)17-31-11-13-32(14-12-31)22-7-5-21(30)6-8-22/h2-10,15-16,19,23,33H,11-14,17-18H2,1H3/t23-/m0/s1. The third-order valence-electron chi connectivity index (χ3n) is 6.41. The fourth-order valence-corrected chi connectivity index (χ4v) is 4.44. The average molecular weight is 505 g/mol. The molecule has 0 bridgehead atoms. The number of β-amino-alcohol motifs (C(OH)–C–C–N with tert-alkyl or cyclic N) is 1. The number of ether oxygens (including phenoxy) is 2. The normalized spacial score (nSPS) is 15.1. The molecule has 0 radical (unpaired) electrons. The lowest BCUT2D eigenvalue weighted by Gasteiger charge is -2.36. The maximum atomic E-state index is 13.2.